The molecule has 0 saturated heterocycles. The monoisotopic (exact) mass is 247 g/mol. The summed E-state index contributed by atoms with van der Waals surface area (Å²) in [4.78, 5) is 4.07. The van der Waals surface area contributed by atoms with E-state index < -0.39 is 0 Å². The van der Waals surface area contributed by atoms with E-state index in [2.05, 4.69) is 34.3 Å². The summed E-state index contributed by atoms with van der Waals surface area (Å²) in [6, 6.07) is 10.1. The third-order valence-electron chi connectivity index (χ3n) is 2.29. The largest absolute Gasteiger partial charge is 0.375 e. The topological polar surface area (TPSA) is 45.7 Å². The van der Waals surface area contributed by atoms with E-state index in [1.807, 2.05) is 18.2 Å². The predicted molar refractivity (Wildman–Crippen MR) is 75.7 cm³/mol. The number of ether oxygens (including phenoxy) is 1. The zero-order valence-electron chi connectivity index (χ0n) is 10.9. The van der Waals surface area contributed by atoms with Crippen molar-refractivity contribution in [1.82, 2.24) is 10.6 Å². The molecule has 1 rings (SSSR count). The summed E-state index contributed by atoms with van der Waals surface area (Å²) in [5.41, 5.74) is 1.19. The summed E-state index contributed by atoms with van der Waals surface area (Å²) >= 11 is 0. The third-order valence-corrected chi connectivity index (χ3v) is 2.29. The van der Waals surface area contributed by atoms with Crippen molar-refractivity contribution in [2.75, 3.05) is 26.7 Å². The first-order valence-electron chi connectivity index (χ1n) is 6.04. The van der Waals surface area contributed by atoms with Crippen molar-refractivity contribution in [3.8, 4) is 0 Å². The first kappa shape index (κ1) is 14.3. The highest BCUT2D eigenvalue weighted by Crippen LogP contribution is 1.99. The Hall–Kier alpha value is -1.81. The van der Waals surface area contributed by atoms with Gasteiger partial charge in [-0.1, -0.05) is 36.4 Å². The minimum absolute atomic E-state index is 0.640. The molecule has 0 spiro atoms. The van der Waals surface area contributed by atoms with Crippen LogP contribution in [0.5, 0.6) is 0 Å². The molecule has 0 aliphatic carbocycles. The fourth-order valence-electron chi connectivity index (χ4n) is 1.40. The van der Waals surface area contributed by atoms with Gasteiger partial charge in [0, 0.05) is 20.1 Å². The molecule has 18 heavy (non-hydrogen) atoms. The average Bonchev–Trinajstić information content (AvgIpc) is 2.43. The molecule has 0 aliphatic rings. The summed E-state index contributed by atoms with van der Waals surface area (Å²) < 4.78 is 5.55. The number of rotatable bonds is 7. The Kier molecular flexibility index (Phi) is 7.32. The maximum atomic E-state index is 5.55. The molecule has 0 heterocycles. The van der Waals surface area contributed by atoms with Crippen LogP contribution < -0.4 is 10.6 Å². The van der Waals surface area contributed by atoms with Crippen molar-refractivity contribution >= 4 is 5.96 Å². The highest BCUT2D eigenvalue weighted by molar-refractivity contribution is 5.79. The van der Waals surface area contributed by atoms with Gasteiger partial charge in [-0.3, -0.25) is 4.99 Å². The molecule has 0 fully saturated rings. The van der Waals surface area contributed by atoms with Crippen molar-refractivity contribution < 1.29 is 4.74 Å². The molecule has 4 nitrogen and oxygen atoms in total. The third kappa shape index (κ3) is 6.06. The highest BCUT2D eigenvalue weighted by atomic mass is 16.5. The predicted octanol–water partition coefficient (Wildman–Crippen LogP) is 1.55. The molecular formula is C14H21N3O. The van der Waals surface area contributed by atoms with E-state index in [0.717, 1.165) is 12.5 Å². The highest BCUT2D eigenvalue weighted by Gasteiger charge is 1.95. The molecule has 1 aromatic carbocycles. The first-order valence-corrected chi connectivity index (χ1v) is 6.04. The van der Waals surface area contributed by atoms with Gasteiger partial charge in [-0.05, 0) is 5.56 Å². The van der Waals surface area contributed by atoms with Crippen molar-refractivity contribution in [1.29, 1.82) is 0 Å². The van der Waals surface area contributed by atoms with Gasteiger partial charge in [-0.2, -0.15) is 0 Å². The van der Waals surface area contributed by atoms with Gasteiger partial charge in [0.25, 0.3) is 0 Å². The summed E-state index contributed by atoms with van der Waals surface area (Å²) in [7, 11) is 1.74. The van der Waals surface area contributed by atoms with E-state index in [0.29, 0.717) is 19.8 Å². The summed E-state index contributed by atoms with van der Waals surface area (Å²) in [5, 5.41) is 6.25. The molecule has 0 saturated carbocycles. The molecule has 0 atom stereocenters. The van der Waals surface area contributed by atoms with Crippen LogP contribution in [0.2, 0.25) is 0 Å². The lowest BCUT2D eigenvalue weighted by Gasteiger charge is -2.10. The van der Waals surface area contributed by atoms with Crippen LogP contribution in [-0.2, 0) is 11.3 Å². The molecule has 0 radical (unpaired) electrons. The Morgan fingerprint density at radius 3 is 2.78 bits per heavy atom. The van der Waals surface area contributed by atoms with Gasteiger partial charge < -0.3 is 15.4 Å². The Morgan fingerprint density at radius 1 is 1.33 bits per heavy atom. The summed E-state index contributed by atoms with van der Waals surface area (Å²) in [5.74, 6) is 0.762. The zero-order valence-corrected chi connectivity index (χ0v) is 10.9. The van der Waals surface area contributed by atoms with Crippen LogP contribution in [0.1, 0.15) is 5.56 Å². The quantitative estimate of drug-likeness (QED) is 0.333. The normalized spacial score (nSPS) is 11.1. The van der Waals surface area contributed by atoms with Gasteiger partial charge in [0.15, 0.2) is 5.96 Å². The van der Waals surface area contributed by atoms with E-state index in [4.69, 9.17) is 4.74 Å². The zero-order chi connectivity index (χ0) is 13.1. The van der Waals surface area contributed by atoms with Gasteiger partial charge in [0.05, 0.1) is 13.2 Å². The number of nitrogens with zero attached hydrogens (tertiary/aromatic N) is 1. The molecule has 98 valence electrons. The number of benzene rings is 1. The van der Waals surface area contributed by atoms with Crippen LogP contribution in [0, 0.1) is 0 Å². The summed E-state index contributed by atoms with van der Waals surface area (Å²) in [6.45, 7) is 6.35. The molecule has 1 aromatic rings. The molecule has 0 amide bonds. The molecule has 0 aromatic heterocycles. The second-order valence-corrected chi connectivity index (χ2v) is 3.71. The maximum Gasteiger partial charge on any atom is 0.191 e. The Balaban J connectivity index is 2.09. The molecule has 0 unspecified atom stereocenters. The average molecular weight is 247 g/mol. The van der Waals surface area contributed by atoms with E-state index in [-0.39, 0.29) is 0 Å². The number of aliphatic imine (C=N–C) groups is 1. The van der Waals surface area contributed by atoms with Gasteiger partial charge in [0.2, 0.25) is 0 Å². The number of hydrogen-bond donors (Lipinski definition) is 2. The Bertz CT molecular complexity index is 363. The number of guanidine groups is 1. The SMILES string of the molecule is C=CCNC(=NC)NCCOCc1ccccc1. The van der Waals surface area contributed by atoms with Crippen LogP contribution in [0.4, 0.5) is 0 Å². The van der Waals surface area contributed by atoms with Gasteiger partial charge in [0.1, 0.15) is 0 Å². The second-order valence-electron chi connectivity index (χ2n) is 3.71. The van der Waals surface area contributed by atoms with E-state index in [9.17, 15) is 0 Å². The van der Waals surface area contributed by atoms with E-state index in [1.54, 1.807) is 13.1 Å². The molecule has 2 N–H and O–H groups in total. The fourth-order valence-corrected chi connectivity index (χ4v) is 1.40. The Morgan fingerprint density at radius 2 is 2.11 bits per heavy atom. The molecule has 4 heteroatoms. The van der Waals surface area contributed by atoms with Crippen LogP contribution in [0.25, 0.3) is 0 Å². The van der Waals surface area contributed by atoms with Crippen LogP contribution in [0.15, 0.2) is 48.0 Å². The standard InChI is InChI=1S/C14H21N3O/c1-3-9-16-14(15-2)17-10-11-18-12-13-7-5-4-6-8-13/h3-8H,1,9-12H2,2H3,(H2,15,16,17). The van der Waals surface area contributed by atoms with Crippen molar-refractivity contribution in [3.63, 3.8) is 0 Å². The van der Waals surface area contributed by atoms with Crippen LogP contribution >= 0.6 is 0 Å². The van der Waals surface area contributed by atoms with Crippen LogP contribution in [0.3, 0.4) is 0 Å². The maximum absolute atomic E-state index is 5.55. The van der Waals surface area contributed by atoms with Gasteiger partial charge in [-0.15, -0.1) is 6.58 Å². The minimum atomic E-state index is 0.640. The Labute approximate surface area is 109 Å². The van der Waals surface area contributed by atoms with Crippen molar-refractivity contribution in [2.45, 2.75) is 6.61 Å². The lowest BCUT2D eigenvalue weighted by Crippen LogP contribution is -2.38. The first-order chi connectivity index (χ1) is 8.86. The van der Waals surface area contributed by atoms with E-state index >= 15 is 0 Å². The van der Waals surface area contributed by atoms with Gasteiger partial charge >= 0.3 is 0 Å². The molecule has 0 bridgehead atoms. The molecule has 0 aliphatic heterocycles. The lowest BCUT2D eigenvalue weighted by molar-refractivity contribution is 0.125. The van der Waals surface area contributed by atoms with Gasteiger partial charge in [-0.25, -0.2) is 0 Å². The smallest absolute Gasteiger partial charge is 0.191 e. The van der Waals surface area contributed by atoms with E-state index in [1.165, 1.54) is 5.56 Å². The number of nitrogens with one attached hydrogen (secondary N) is 2. The lowest BCUT2D eigenvalue weighted by atomic mass is 10.2. The van der Waals surface area contributed by atoms with Crippen molar-refractivity contribution in [3.05, 3.63) is 48.6 Å². The van der Waals surface area contributed by atoms with Crippen molar-refractivity contribution in [2.24, 2.45) is 4.99 Å². The summed E-state index contributed by atoms with van der Waals surface area (Å²) in [6.07, 6.45) is 1.79. The second kappa shape index (κ2) is 9.24. The fraction of sp³-hybridized carbons (Fsp3) is 0.357. The minimum Gasteiger partial charge on any atom is -0.375 e. The number of hydrogen-bond acceptors (Lipinski definition) is 2. The van der Waals surface area contributed by atoms with Crippen LogP contribution in [-0.4, -0.2) is 32.7 Å². The molecular weight excluding hydrogens is 226 g/mol.